The monoisotopic (exact) mass is 170 g/mol. The van der Waals surface area contributed by atoms with Gasteiger partial charge in [-0.25, -0.2) is 14.5 Å². The summed E-state index contributed by atoms with van der Waals surface area (Å²) in [5.41, 5.74) is 2.51. The summed E-state index contributed by atoms with van der Waals surface area (Å²) in [6.45, 7) is 0. The quantitative estimate of drug-likeness (QED) is 0.510. The molecule has 0 aliphatic carbocycles. The van der Waals surface area contributed by atoms with Crippen molar-refractivity contribution in [1.29, 1.82) is 0 Å². The van der Waals surface area contributed by atoms with Crippen LogP contribution in [0.2, 0.25) is 0 Å². The van der Waals surface area contributed by atoms with Gasteiger partial charge in [-0.1, -0.05) is 0 Å². The van der Waals surface area contributed by atoms with Crippen LogP contribution in [0, 0.1) is 0 Å². The highest BCUT2D eigenvalue weighted by molar-refractivity contribution is 5.75. The van der Waals surface area contributed by atoms with Crippen LogP contribution in [-0.4, -0.2) is 19.6 Å². The molecule has 0 aliphatic heterocycles. The Labute approximate surface area is 73.9 Å². The summed E-state index contributed by atoms with van der Waals surface area (Å²) in [4.78, 5) is 8.45. The van der Waals surface area contributed by atoms with Gasteiger partial charge in [-0.15, -0.1) is 0 Å². The summed E-state index contributed by atoms with van der Waals surface area (Å²) < 4.78 is 1.78. The van der Waals surface area contributed by atoms with E-state index in [0.717, 1.165) is 16.8 Å². The Balaban J connectivity index is 2.64. The molecule has 0 atom stereocenters. The van der Waals surface area contributed by atoms with Gasteiger partial charge in [0.2, 0.25) is 0 Å². The lowest BCUT2D eigenvalue weighted by Crippen LogP contribution is -1.88. The molecule has 0 N–H and O–H groups in total. The molecule has 0 amide bonds. The molecule has 3 aromatic heterocycles. The summed E-state index contributed by atoms with van der Waals surface area (Å²) in [5.74, 6) is 0. The number of imidazole rings is 1. The molecule has 13 heavy (non-hydrogen) atoms. The summed E-state index contributed by atoms with van der Waals surface area (Å²) >= 11 is 0. The molecule has 0 radical (unpaired) electrons. The van der Waals surface area contributed by atoms with Crippen LogP contribution in [0.5, 0.6) is 0 Å². The largest absolute Gasteiger partial charge is 0.235 e. The molecule has 3 heterocycles. The van der Waals surface area contributed by atoms with Crippen LogP contribution in [0.1, 0.15) is 0 Å². The van der Waals surface area contributed by atoms with Crippen LogP contribution in [0.4, 0.5) is 0 Å². The third kappa shape index (κ3) is 0.823. The van der Waals surface area contributed by atoms with Gasteiger partial charge in [-0.3, -0.25) is 0 Å². The van der Waals surface area contributed by atoms with Crippen molar-refractivity contribution >= 4 is 16.8 Å². The second-order valence-corrected chi connectivity index (χ2v) is 2.75. The molecule has 0 saturated carbocycles. The first kappa shape index (κ1) is 6.54. The van der Waals surface area contributed by atoms with Crippen LogP contribution >= 0.6 is 0 Å². The first-order valence-corrected chi connectivity index (χ1v) is 4.00. The Morgan fingerprint density at radius 1 is 1.08 bits per heavy atom. The van der Waals surface area contributed by atoms with E-state index in [9.17, 15) is 0 Å². The summed E-state index contributed by atoms with van der Waals surface area (Å²) in [6.07, 6.45) is 3.47. The van der Waals surface area contributed by atoms with Crippen LogP contribution in [0.15, 0.2) is 36.7 Å². The first-order chi connectivity index (χ1) is 6.45. The van der Waals surface area contributed by atoms with Gasteiger partial charge in [0.25, 0.3) is 0 Å². The number of fused-ring (bicyclic) bond motifs is 3. The number of hydrogen-bond acceptors (Lipinski definition) is 3. The number of nitrogens with zero attached hydrogens (tertiary/aromatic N) is 4. The summed E-state index contributed by atoms with van der Waals surface area (Å²) in [5, 5.41) is 4.18. The molecule has 4 nitrogen and oxygen atoms in total. The van der Waals surface area contributed by atoms with E-state index in [1.165, 1.54) is 0 Å². The first-order valence-electron chi connectivity index (χ1n) is 4.00. The van der Waals surface area contributed by atoms with Crippen molar-refractivity contribution in [3.05, 3.63) is 36.7 Å². The van der Waals surface area contributed by atoms with Crippen molar-refractivity contribution in [2.45, 2.75) is 0 Å². The average molecular weight is 170 g/mol. The van der Waals surface area contributed by atoms with Crippen LogP contribution in [-0.2, 0) is 0 Å². The van der Waals surface area contributed by atoms with E-state index in [1.807, 2.05) is 24.3 Å². The van der Waals surface area contributed by atoms with Crippen LogP contribution < -0.4 is 0 Å². The van der Waals surface area contributed by atoms with Crippen molar-refractivity contribution in [2.24, 2.45) is 0 Å². The summed E-state index contributed by atoms with van der Waals surface area (Å²) in [7, 11) is 0. The Kier molecular flexibility index (Phi) is 1.14. The molecule has 0 bridgehead atoms. The molecule has 0 spiro atoms. The highest BCUT2D eigenvalue weighted by atomic mass is 15.3. The molecule has 3 aromatic rings. The minimum atomic E-state index is 0.737. The lowest BCUT2D eigenvalue weighted by atomic mass is 10.4. The van der Waals surface area contributed by atoms with Gasteiger partial charge in [0.15, 0.2) is 11.3 Å². The van der Waals surface area contributed by atoms with Crippen LogP contribution in [0.25, 0.3) is 16.8 Å². The van der Waals surface area contributed by atoms with Gasteiger partial charge in [-0.2, -0.15) is 5.10 Å². The molecule has 0 fully saturated rings. The van der Waals surface area contributed by atoms with Gasteiger partial charge < -0.3 is 0 Å². The fourth-order valence-corrected chi connectivity index (χ4v) is 1.38. The fraction of sp³-hybridized carbons (Fsp3) is 0. The lowest BCUT2D eigenvalue weighted by Gasteiger charge is -1.89. The van der Waals surface area contributed by atoms with Crippen LogP contribution in [0.3, 0.4) is 0 Å². The second kappa shape index (κ2) is 2.26. The van der Waals surface area contributed by atoms with E-state index >= 15 is 0 Å². The summed E-state index contributed by atoms with van der Waals surface area (Å²) in [6, 6.07) is 7.61. The van der Waals surface area contributed by atoms with Crippen molar-refractivity contribution in [3.63, 3.8) is 0 Å². The molecular weight excluding hydrogens is 164 g/mol. The Bertz CT molecular complexity index is 519. The van der Waals surface area contributed by atoms with E-state index in [2.05, 4.69) is 15.1 Å². The molecule has 0 aromatic carbocycles. The standard InChI is InChI=1S/C9H6N4/c1-3-7-9(10-5-1)12-8-4-2-6-11-13(7)8/h1-6H. The Morgan fingerprint density at radius 2 is 2.00 bits per heavy atom. The molecule has 0 unspecified atom stereocenters. The zero-order valence-corrected chi connectivity index (χ0v) is 6.75. The fourth-order valence-electron chi connectivity index (χ4n) is 1.38. The normalized spacial score (nSPS) is 11.1. The Morgan fingerprint density at radius 3 is 3.00 bits per heavy atom. The van der Waals surface area contributed by atoms with E-state index < -0.39 is 0 Å². The second-order valence-electron chi connectivity index (χ2n) is 2.75. The number of pyridine rings is 1. The van der Waals surface area contributed by atoms with E-state index in [-0.39, 0.29) is 0 Å². The predicted molar refractivity (Wildman–Crippen MR) is 48.3 cm³/mol. The SMILES string of the molecule is c1cnn2c(c1)nc1ncccc12. The lowest BCUT2D eigenvalue weighted by molar-refractivity contribution is 0.965. The van der Waals surface area contributed by atoms with Gasteiger partial charge in [-0.05, 0) is 24.3 Å². The van der Waals surface area contributed by atoms with Gasteiger partial charge >= 0.3 is 0 Å². The van der Waals surface area contributed by atoms with Crippen molar-refractivity contribution in [1.82, 2.24) is 19.6 Å². The molecule has 62 valence electrons. The van der Waals surface area contributed by atoms with E-state index in [0.29, 0.717) is 0 Å². The molecule has 0 saturated heterocycles. The van der Waals surface area contributed by atoms with Crippen molar-refractivity contribution in [3.8, 4) is 0 Å². The maximum atomic E-state index is 4.30. The zero-order chi connectivity index (χ0) is 8.67. The third-order valence-corrected chi connectivity index (χ3v) is 1.95. The smallest absolute Gasteiger partial charge is 0.180 e. The topological polar surface area (TPSA) is 43.1 Å². The maximum Gasteiger partial charge on any atom is 0.180 e. The number of hydrogen-bond donors (Lipinski definition) is 0. The minimum absolute atomic E-state index is 0.737. The average Bonchev–Trinajstić information content (AvgIpc) is 2.56. The maximum absolute atomic E-state index is 4.30. The van der Waals surface area contributed by atoms with E-state index in [1.54, 1.807) is 16.9 Å². The van der Waals surface area contributed by atoms with Gasteiger partial charge in [0.1, 0.15) is 5.52 Å². The molecule has 4 heteroatoms. The van der Waals surface area contributed by atoms with Gasteiger partial charge in [0.05, 0.1) is 0 Å². The highest BCUT2D eigenvalue weighted by Crippen LogP contribution is 2.10. The molecule has 0 aliphatic rings. The van der Waals surface area contributed by atoms with Gasteiger partial charge in [0, 0.05) is 12.4 Å². The molecule has 3 rings (SSSR count). The van der Waals surface area contributed by atoms with Crippen molar-refractivity contribution < 1.29 is 0 Å². The molecular formula is C9H6N4. The Hall–Kier alpha value is -1.97. The highest BCUT2D eigenvalue weighted by Gasteiger charge is 2.02. The zero-order valence-electron chi connectivity index (χ0n) is 6.75. The van der Waals surface area contributed by atoms with E-state index in [4.69, 9.17) is 0 Å². The number of aromatic nitrogens is 4. The third-order valence-electron chi connectivity index (χ3n) is 1.95. The van der Waals surface area contributed by atoms with Crippen molar-refractivity contribution in [2.75, 3.05) is 0 Å². The predicted octanol–water partition coefficient (Wildman–Crippen LogP) is 1.28. The minimum Gasteiger partial charge on any atom is -0.235 e. The number of rotatable bonds is 0.